The normalized spacial score (nSPS) is 10.8. The maximum atomic E-state index is 6.05. The number of benzene rings is 1. The van der Waals surface area contributed by atoms with Gasteiger partial charge in [-0.25, -0.2) is 0 Å². The highest BCUT2D eigenvalue weighted by atomic mass is 35.5. The molecule has 3 nitrogen and oxygen atoms in total. The molecule has 2 aromatic heterocycles. The lowest BCUT2D eigenvalue weighted by Gasteiger charge is -2.05. The number of aromatic nitrogens is 3. The molecule has 0 atom stereocenters. The average molecular weight is 256 g/mol. The summed E-state index contributed by atoms with van der Waals surface area (Å²) in [6.07, 6.45) is 1.77. The van der Waals surface area contributed by atoms with Gasteiger partial charge in [0.05, 0.1) is 5.69 Å². The van der Waals surface area contributed by atoms with Gasteiger partial charge >= 0.3 is 0 Å². The Morgan fingerprint density at radius 2 is 1.78 bits per heavy atom. The van der Waals surface area contributed by atoms with Crippen LogP contribution in [0.4, 0.5) is 0 Å². The van der Waals surface area contributed by atoms with Crippen molar-refractivity contribution in [3.63, 3.8) is 0 Å². The highest BCUT2D eigenvalue weighted by molar-refractivity contribution is 6.34. The minimum Gasteiger partial charge on any atom is -0.255 e. The van der Waals surface area contributed by atoms with Crippen LogP contribution in [0, 0.1) is 6.92 Å². The lowest BCUT2D eigenvalue weighted by molar-refractivity contribution is 1.05. The molecule has 0 fully saturated rings. The lowest BCUT2D eigenvalue weighted by atomic mass is 10.1. The van der Waals surface area contributed by atoms with Gasteiger partial charge in [-0.2, -0.15) is 0 Å². The van der Waals surface area contributed by atoms with Crippen molar-refractivity contribution in [1.29, 1.82) is 0 Å². The molecule has 0 aliphatic rings. The van der Waals surface area contributed by atoms with Gasteiger partial charge in [0.1, 0.15) is 5.69 Å². The third-order valence-electron chi connectivity index (χ3n) is 2.80. The molecule has 0 saturated carbocycles. The Hall–Kier alpha value is -2.00. The summed E-state index contributed by atoms with van der Waals surface area (Å²) in [5.41, 5.74) is 2.72. The van der Waals surface area contributed by atoms with E-state index >= 15 is 0 Å². The number of nitrogens with zero attached hydrogens (tertiary/aromatic N) is 3. The largest absolute Gasteiger partial charge is 0.255 e. The van der Waals surface area contributed by atoms with Gasteiger partial charge in [0.25, 0.3) is 0 Å². The molecule has 0 radical (unpaired) electrons. The van der Waals surface area contributed by atoms with Crippen molar-refractivity contribution in [3.8, 4) is 11.4 Å². The summed E-state index contributed by atoms with van der Waals surface area (Å²) in [6.45, 7) is 2.02. The van der Waals surface area contributed by atoms with Crippen molar-refractivity contribution in [2.75, 3.05) is 0 Å². The molecule has 2 heterocycles. The van der Waals surface area contributed by atoms with Gasteiger partial charge in [-0.3, -0.25) is 4.98 Å². The Morgan fingerprint density at radius 3 is 2.56 bits per heavy atom. The maximum absolute atomic E-state index is 6.05. The van der Waals surface area contributed by atoms with Crippen molar-refractivity contribution in [2.45, 2.75) is 6.92 Å². The summed E-state index contributed by atoms with van der Waals surface area (Å²) in [5.74, 6) is 0. The predicted octanol–water partition coefficient (Wildman–Crippen LogP) is 3.65. The SMILES string of the molecule is Cc1ccnc(-c2nnc(Cl)c3ccccc23)c1. The highest BCUT2D eigenvalue weighted by Gasteiger charge is 2.10. The van der Waals surface area contributed by atoms with Crippen LogP contribution >= 0.6 is 11.6 Å². The van der Waals surface area contributed by atoms with Crippen molar-refractivity contribution < 1.29 is 0 Å². The fraction of sp³-hybridized carbons (Fsp3) is 0.0714. The molecule has 0 saturated heterocycles. The standard InChI is InChI=1S/C14H10ClN3/c1-9-6-7-16-12(8-9)13-10-4-2-3-5-11(10)14(15)18-17-13/h2-8H,1H3. The zero-order valence-electron chi connectivity index (χ0n) is 9.76. The Morgan fingerprint density at radius 1 is 1.00 bits per heavy atom. The van der Waals surface area contributed by atoms with Gasteiger partial charge in [-0.1, -0.05) is 35.9 Å². The number of halogens is 1. The summed E-state index contributed by atoms with van der Waals surface area (Å²) in [5, 5.41) is 10.4. The van der Waals surface area contributed by atoms with Crippen LogP contribution < -0.4 is 0 Å². The second-order valence-electron chi connectivity index (χ2n) is 4.10. The molecule has 3 aromatic rings. The first-order valence-corrected chi connectivity index (χ1v) is 5.97. The summed E-state index contributed by atoms with van der Waals surface area (Å²) >= 11 is 6.05. The molecule has 0 N–H and O–H groups in total. The number of rotatable bonds is 1. The number of aryl methyl sites for hydroxylation is 1. The molecule has 18 heavy (non-hydrogen) atoms. The Kier molecular flexibility index (Phi) is 2.68. The molecule has 3 rings (SSSR count). The smallest absolute Gasteiger partial charge is 0.159 e. The zero-order chi connectivity index (χ0) is 12.5. The summed E-state index contributed by atoms with van der Waals surface area (Å²) in [6, 6.07) is 11.8. The zero-order valence-corrected chi connectivity index (χ0v) is 10.5. The fourth-order valence-corrected chi connectivity index (χ4v) is 2.13. The van der Waals surface area contributed by atoms with Crippen LogP contribution in [0.25, 0.3) is 22.2 Å². The summed E-state index contributed by atoms with van der Waals surface area (Å²) in [4.78, 5) is 4.34. The number of hydrogen-bond donors (Lipinski definition) is 0. The van der Waals surface area contributed by atoms with Crippen molar-refractivity contribution >= 4 is 22.4 Å². The Labute approximate surface area is 109 Å². The van der Waals surface area contributed by atoms with E-state index in [1.807, 2.05) is 43.3 Å². The van der Waals surface area contributed by atoms with Crippen LogP contribution in [0.3, 0.4) is 0 Å². The first-order chi connectivity index (χ1) is 8.75. The number of hydrogen-bond acceptors (Lipinski definition) is 3. The van der Waals surface area contributed by atoms with Crippen LogP contribution in [0.1, 0.15) is 5.56 Å². The van der Waals surface area contributed by atoms with Gasteiger partial charge in [-0.05, 0) is 24.6 Å². The van der Waals surface area contributed by atoms with E-state index in [1.165, 1.54) is 0 Å². The van der Waals surface area contributed by atoms with E-state index in [0.29, 0.717) is 5.15 Å². The first-order valence-electron chi connectivity index (χ1n) is 5.59. The second kappa shape index (κ2) is 4.35. The van der Waals surface area contributed by atoms with Crippen molar-refractivity contribution in [2.24, 2.45) is 0 Å². The molecule has 0 aliphatic heterocycles. The van der Waals surface area contributed by atoms with Gasteiger partial charge in [0, 0.05) is 17.0 Å². The van der Waals surface area contributed by atoms with Crippen LogP contribution in [-0.2, 0) is 0 Å². The van der Waals surface area contributed by atoms with Gasteiger partial charge < -0.3 is 0 Å². The third-order valence-corrected chi connectivity index (χ3v) is 3.08. The maximum Gasteiger partial charge on any atom is 0.159 e. The molecule has 1 aromatic carbocycles. The van der Waals surface area contributed by atoms with E-state index in [0.717, 1.165) is 27.7 Å². The molecule has 4 heteroatoms. The monoisotopic (exact) mass is 255 g/mol. The fourth-order valence-electron chi connectivity index (χ4n) is 1.93. The molecule has 0 spiro atoms. The molecular weight excluding hydrogens is 246 g/mol. The first kappa shape index (κ1) is 11.1. The van der Waals surface area contributed by atoms with E-state index in [4.69, 9.17) is 11.6 Å². The molecule has 88 valence electrons. The van der Waals surface area contributed by atoms with Crippen molar-refractivity contribution in [1.82, 2.24) is 15.2 Å². The quantitative estimate of drug-likeness (QED) is 0.666. The molecular formula is C14H10ClN3. The van der Waals surface area contributed by atoms with Gasteiger partial charge in [-0.15, -0.1) is 10.2 Å². The van der Waals surface area contributed by atoms with Gasteiger partial charge in [0.2, 0.25) is 0 Å². The minimum atomic E-state index is 0.419. The lowest BCUT2D eigenvalue weighted by Crippen LogP contribution is -1.93. The predicted molar refractivity (Wildman–Crippen MR) is 72.5 cm³/mol. The van der Waals surface area contributed by atoms with E-state index in [2.05, 4.69) is 15.2 Å². The Bertz CT molecular complexity index is 725. The van der Waals surface area contributed by atoms with Crippen molar-refractivity contribution in [3.05, 3.63) is 53.3 Å². The average Bonchev–Trinajstić information content (AvgIpc) is 2.39. The molecule has 0 bridgehead atoms. The number of fused-ring (bicyclic) bond motifs is 1. The van der Waals surface area contributed by atoms with Crippen LogP contribution in [0.5, 0.6) is 0 Å². The van der Waals surface area contributed by atoms with Crippen LogP contribution in [0.15, 0.2) is 42.6 Å². The van der Waals surface area contributed by atoms with Gasteiger partial charge in [0.15, 0.2) is 5.15 Å². The minimum absolute atomic E-state index is 0.419. The van der Waals surface area contributed by atoms with Crippen LogP contribution in [-0.4, -0.2) is 15.2 Å². The third kappa shape index (κ3) is 1.83. The Balaban J connectivity index is 2.33. The van der Waals surface area contributed by atoms with Crippen LogP contribution in [0.2, 0.25) is 5.15 Å². The van der Waals surface area contributed by atoms with E-state index in [1.54, 1.807) is 6.20 Å². The summed E-state index contributed by atoms with van der Waals surface area (Å²) in [7, 11) is 0. The van der Waals surface area contributed by atoms with E-state index < -0.39 is 0 Å². The second-order valence-corrected chi connectivity index (χ2v) is 4.46. The number of pyridine rings is 1. The topological polar surface area (TPSA) is 38.7 Å². The molecule has 0 amide bonds. The summed E-state index contributed by atoms with van der Waals surface area (Å²) < 4.78 is 0. The van der Waals surface area contributed by atoms with E-state index in [9.17, 15) is 0 Å². The molecule has 0 aliphatic carbocycles. The molecule has 0 unspecified atom stereocenters. The van der Waals surface area contributed by atoms with E-state index in [-0.39, 0.29) is 0 Å². The highest BCUT2D eigenvalue weighted by Crippen LogP contribution is 2.28.